The molecule has 1 aliphatic carbocycles. The van der Waals surface area contributed by atoms with Crippen molar-refractivity contribution in [3.8, 4) is 0 Å². The molecule has 1 fully saturated rings. The van der Waals surface area contributed by atoms with Crippen molar-refractivity contribution in [2.24, 2.45) is 29.4 Å². The van der Waals surface area contributed by atoms with Crippen LogP contribution in [0.3, 0.4) is 0 Å². The summed E-state index contributed by atoms with van der Waals surface area (Å²) in [6, 6.07) is 0.437. The topological polar surface area (TPSA) is 29.3 Å². The number of hydrogen-bond acceptors (Lipinski definition) is 2. The van der Waals surface area contributed by atoms with Gasteiger partial charge in [-0.3, -0.25) is 0 Å². The van der Waals surface area contributed by atoms with Crippen LogP contribution in [0.15, 0.2) is 0 Å². The Balaban J connectivity index is 2.48. The summed E-state index contributed by atoms with van der Waals surface area (Å²) in [5, 5.41) is 0. The highest BCUT2D eigenvalue weighted by molar-refractivity contribution is 4.83. The zero-order valence-electron chi connectivity index (χ0n) is 14.6. The molecule has 0 bridgehead atoms. The lowest BCUT2D eigenvalue weighted by Gasteiger charge is -2.36. The standard InChI is InChI=1S/C18H38N2/c1-14(2)8-10-20(11-9-15(3)4)13-17-12-16(5)6-7-18(17)19/h14-18H,6-13,19H2,1-5H3. The van der Waals surface area contributed by atoms with E-state index in [-0.39, 0.29) is 0 Å². The van der Waals surface area contributed by atoms with Crippen LogP contribution in [0.5, 0.6) is 0 Å². The maximum Gasteiger partial charge on any atom is 0.00795 e. The second-order valence-electron chi connectivity index (χ2n) is 8.01. The first kappa shape index (κ1) is 18.0. The highest BCUT2D eigenvalue weighted by atomic mass is 15.1. The molecule has 3 atom stereocenters. The van der Waals surface area contributed by atoms with Crippen LogP contribution in [0.2, 0.25) is 0 Å². The van der Waals surface area contributed by atoms with Crippen molar-refractivity contribution in [3.05, 3.63) is 0 Å². The van der Waals surface area contributed by atoms with Gasteiger partial charge in [0.25, 0.3) is 0 Å². The van der Waals surface area contributed by atoms with Crippen molar-refractivity contribution in [1.29, 1.82) is 0 Å². The summed E-state index contributed by atoms with van der Waals surface area (Å²) in [5.74, 6) is 3.20. The van der Waals surface area contributed by atoms with E-state index in [0.29, 0.717) is 6.04 Å². The van der Waals surface area contributed by atoms with E-state index in [1.165, 1.54) is 51.7 Å². The van der Waals surface area contributed by atoms with Gasteiger partial charge in [-0.25, -0.2) is 0 Å². The van der Waals surface area contributed by atoms with Crippen molar-refractivity contribution in [3.63, 3.8) is 0 Å². The lowest BCUT2D eigenvalue weighted by atomic mass is 9.79. The van der Waals surface area contributed by atoms with Gasteiger partial charge < -0.3 is 10.6 Å². The number of rotatable bonds is 8. The summed E-state index contributed by atoms with van der Waals surface area (Å²) in [7, 11) is 0. The summed E-state index contributed by atoms with van der Waals surface area (Å²) in [6.45, 7) is 15.4. The Labute approximate surface area is 127 Å². The van der Waals surface area contributed by atoms with E-state index < -0.39 is 0 Å². The first-order chi connectivity index (χ1) is 9.38. The average molecular weight is 283 g/mol. The molecule has 0 aromatic carbocycles. The fourth-order valence-electron chi connectivity index (χ4n) is 3.24. The van der Waals surface area contributed by atoms with Crippen LogP contribution in [0.25, 0.3) is 0 Å². The van der Waals surface area contributed by atoms with E-state index in [1.807, 2.05) is 0 Å². The molecule has 0 saturated heterocycles. The highest BCUT2D eigenvalue weighted by Gasteiger charge is 2.27. The fourth-order valence-corrected chi connectivity index (χ4v) is 3.24. The molecule has 3 unspecified atom stereocenters. The zero-order chi connectivity index (χ0) is 15.1. The second kappa shape index (κ2) is 9.04. The molecule has 1 rings (SSSR count). The van der Waals surface area contributed by atoms with Gasteiger partial charge in [0.1, 0.15) is 0 Å². The number of nitrogens with zero attached hydrogens (tertiary/aromatic N) is 1. The molecule has 0 spiro atoms. The Morgan fingerprint density at radius 2 is 1.55 bits per heavy atom. The van der Waals surface area contributed by atoms with E-state index in [0.717, 1.165) is 23.7 Å². The predicted molar refractivity (Wildman–Crippen MR) is 89.8 cm³/mol. The molecular formula is C18H38N2. The quantitative estimate of drug-likeness (QED) is 0.725. The van der Waals surface area contributed by atoms with Gasteiger partial charge in [-0.15, -0.1) is 0 Å². The van der Waals surface area contributed by atoms with Crippen molar-refractivity contribution in [2.75, 3.05) is 19.6 Å². The van der Waals surface area contributed by atoms with Crippen LogP contribution in [0.1, 0.15) is 66.7 Å². The van der Waals surface area contributed by atoms with E-state index in [2.05, 4.69) is 39.5 Å². The first-order valence-electron chi connectivity index (χ1n) is 8.86. The van der Waals surface area contributed by atoms with Crippen LogP contribution in [0.4, 0.5) is 0 Å². The normalized spacial score (nSPS) is 27.8. The predicted octanol–water partition coefficient (Wildman–Crippen LogP) is 4.14. The molecule has 20 heavy (non-hydrogen) atoms. The molecule has 1 aliphatic rings. The molecule has 2 nitrogen and oxygen atoms in total. The zero-order valence-corrected chi connectivity index (χ0v) is 14.6. The van der Waals surface area contributed by atoms with Gasteiger partial charge in [0, 0.05) is 12.6 Å². The summed E-state index contributed by atoms with van der Waals surface area (Å²) in [4.78, 5) is 2.70. The highest BCUT2D eigenvalue weighted by Crippen LogP contribution is 2.28. The molecule has 0 aliphatic heterocycles. The van der Waals surface area contributed by atoms with Gasteiger partial charge in [-0.05, 0) is 68.9 Å². The van der Waals surface area contributed by atoms with Gasteiger partial charge in [-0.1, -0.05) is 34.6 Å². The second-order valence-corrected chi connectivity index (χ2v) is 8.01. The van der Waals surface area contributed by atoms with Gasteiger partial charge in [0.05, 0.1) is 0 Å². The fraction of sp³-hybridized carbons (Fsp3) is 1.00. The van der Waals surface area contributed by atoms with Gasteiger partial charge in [0.15, 0.2) is 0 Å². The molecule has 0 aromatic heterocycles. The molecule has 0 heterocycles. The Kier molecular flexibility index (Phi) is 8.13. The van der Waals surface area contributed by atoms with E-state index in [4.69, 9.17) is 5.73 Å². The Hall–Kier alpha value is -0.0800. The lowest BCUT2D eigenvalue weighted by Crippen LogP contribution is -2.43. The Bertz CT molecular complexity index is 238. The van der Waals surface area contributed by atoms with Crippen molar-refractivity contribution in [1.82, 2.24) is 4.90 Å². The Morgan fingerprint density at radius 3 is 2.05 bits per heavy atom. The van der Waals surface area contributed by atoms with Crippen LogP contribution < -0.4 is 5.73 Å². The van der Waals surface area contributed by atoms with Gasteiger partial charge in [-0.2, -0.15) is 0 Å². The summed E-state index contributed by atoms with van der Waals surface area (Å²) in [6.07, 6.45) is 6.52. The van der Waals surface area contributed by atoms with Gasteiger partial charge in [0.2, 0.25) is 0 Å². The molecule has 2 heteroatoms. The van der Waals surface area contributed by atoms with E-state index in [9.17, 15) is 0 Å². The largest absolute Gasteiger partial charge is 0.327 e. The maximum atomic E-state index is 6.37. The average Bonchev–Trinajstić information content (AvgIpc) is 2.36. The third-order valence-corrected chi connectivity index (χ3v) is 4.84. The smallest absolute Gasteiger partial charge is 0.00795 e. The van der Waals surface area contributed by atoms with Crippen molar-refractivity contribution < 1.29 is 0 Å². The monoisotopic (exact) mass is 282 g/mol. The van der Waals surface area contributed by atoms with Crippen LogP contribution in [-0.2, 0) is 0 Å². The summed E-state index contributed by atoms with van der Waals surface area (Å²) < 4.78 is 0. The minimum atomic E-state index is 0.437. The lowest BCUT2D eigenvalue weighted by molar-refractivity contribution is 0.151. The minimum Gasteiger partial charge on any atom is -0.327 e. The van der Waals surface area contributed by atoms with E-state index in [1.54, 1.807) is 0 Å². The van der Waals surface area contributed by atoms with Crippen LogP contribution in [0, 0.1) is 23.7 Å². The van der Waals surface area contributed by atoms with Crippen LogP contribution in [-0.4, -0.2) is 30.6 Å². The van der Waals surface area contributed by atoms with E-state index >= 15 is 0 Å². The van der Waals surface area contributed by atoms with Crippen molar-refractivity contribution >= 4 is 0 Å². The molecule has 0 aromatic rings. The van der Waals surface area contributed by atoms with Crippen molar-refractivity contribution in [2.45, 2.75) is 72.8 Å². The third-order valence-electron chi connectivity index (χ3n) is 4.84. The van der Waals surface area contributed by atoms with Gasteiger partial charge >= 0.3 is 0 Å². The SMILES string of the molecule is CC(C)CCN(CCC(C)C)CC1CC(C)CCC1N. The molecule has 120 valence electrons. The molecule has 1 saturated carbocycles. The summed E-state index contributed by atoms with van der Waals surface area (Å²) >= 11 is 0. The molecule has 0 radical (unpaired) electrons. The number of nitrogens with two attached hydrogens (primary N) is 1. The van der Waals surface area contributed by atoms with Crippen LogP contribution >= 0.6 is 0 Å². The number of hydrogen-bond donors (Lipinski definition) is 1. The first-order valence-corrected chi connectivity index (χ1v) is 8.86. The Morgan fingerprint density at radius 1 is 1.00 bits per heavy atom. The minimum absolute atomic E-state index is 0.437. The molecule has 0 amide bonds. The summed E-state index contributed by atoms with van der Waals surface area (Å²) in [5.41, 5.74) is 6.37. The third kappa shape index (κ3) is 7.08. The maximum absolute atomic E-state index is 6.37. The molecular weight excluding hydrogens is 244 g/mol. The molecule has 2 N–H and O–H groups in total.